The van der Waals surface area contributed by atoms with Crippen LogP contribution >= 0.6 is 39.1 Å². The molecule has 0 aliphatic carbocycles. The van der Waals surface area contributed by atoms with E-state index >= 15 is 0 Å². The molecule has 0 atom stereocenters. The van der Waals surface area contributed by atoms with Crippen LogP contribution in [0.25, 0.3) is 10.9 Å². The zero-order chi connectivity index (χ0) is 17.0. The maximum Gasteiger partial charge on any atom is 0.342 e. The molecule has 0 amide bonds. The van der Waals surface area contributed by atoms with Gasteiger partial charge in [0.05, 0.1) is 16.1 Å². The van der Waals surface area contributed by atoms with Crippen molar-refractivity contribution >= 4 is 56.0 Å². The van der Waals surface area contributed by atoms with E-state index in [9.17, 15) is 9.18 Å². The number of aromatic nitrogens is 1. The number of carbonyl (C=O) groups excluding carboxylic acids is 1. The van der Waals surface area contributed by atoms with Gasteiger partial charge in [-0.2, -0.15) is 0 Å². The van der Waals surface area contributed by atoms with Gasteiger partial charge in [0.1, 0.15) is 16.2 Å². The summed E-state index contributed by atoms with van der Waals surface area (Å²) >= 11 is 15.2. The molecule has 0 aliphatic rings. The smallest absolute Gasteiger partial charge is 0.342 e. The standard InChI is InChI=1S/C13H9BrCl2FNO2.C2H6/c1-3-20-13(19)7-9(15)6-4-5(2)8(14)10(17)11(6)18-12(7)16;1-2/h4H,3H2,1-2H3;1-2H3. The van der Waals surface area contributed by atoms with Crippen molar-refractivity contribution in [3.05, 3.63) is 37.7 Å². The lowest BCUT2D eigenvalue weighted by atomic mass is 10.1. The maximum absolute atomic E-state index is 14.2. The van der Waals surface area contributed by atoms with E-state index in [2.05, 4.69) is 20.9 Å². The molecular formula is C15H15BrCl2FNO2. The first-order valence-corrected chi connectivity index (χ1v) is 8.23. The fourth-order valence-electron chi connectivity index (χ4n) is 1.78. The molecule has 0 unspecified atom stereocenters. The lowest BCUT2D eigenvalue weighted by Gasteiger charge is -2.11. The van der Waals surface area contributed by atoms with E-state index in [-0.39, 0.29) is 32.3 Å². The minimum Gasteiger partial charge on any atom is -0.462 e. The van der Waals surface area contributed by atoms with E-state index in [0.717, 1.165) is 0 Å². The van der Waals surface area contributed by atoms with Crippen LogP contribution in [0, 0.1) is 12.7 Å². The first kappa shape index (κ1) is 19.1. The molecule has 0 N–H and O–H groups in total. The highest BCUT2D eigenvalue weighted by Gasteiger charge is 2.23. The van der Waals surface area contributed by atoms with Gasteiger partial charge in [-0.25, -0.2) is 14.2 Å². The van der Waals surface area contributed by atoms with E-state index in [1.54, 1.807) is 19.9 Å². The third kappa shape index (κ3) is 3.53. The maximum atomic E-state index is 14.2. The molecule has 120 valence electrons. The predicted octanol–water partition coefficient (Wildman–Crippen LogP) is 5.95. The second kappa shape index (κ2) is 8.09. The second-order valence-corrected chi connectivity index (χ2v) is 5.56. The third-order valence-corrected chi connectivity index (χ3v) is 4.35. The average molecular weight is 411 g/mol. The van der Waals surface area contributed by atoms with Crippen molar-refractivity contribution < 1.29 is 13.9 Å². The van der Waals surface area contributed by atoms with Crippen molar-refractivity contribution in [1.82, 2.24) is 4.98 Å². The number of hydrogen-bond donors (Lipinski definition) is 0. The van der Waals surface area contributed by atoms with Crippen LogP contribution in [-0.4, -0.2) is 17.6 Å². The van der Waals surface area contributed by atoms with Gasteiger partial charge in [0.15, 0.2) is 5.82 Å². The summed E-state index contributed by atoms with van der Waals surface area (Å²) in [5.41, 5.74) is 0.588. The van der Waals surface area contributed by atoms with Crippen molar-refractivity contribution in [3.8, 4) is 0 Å². The van der Waals surface area contributed by atoms with Gasteiger partial charge in [-0.1, -0.05) is 37.0 Å². The molecule has 0 spiro atoms. The van der Waals surface area contributed by atoms with Crippen LogP contribution in [-0.2, 0) is 4.74 Å². The van der Waals surface area contributed by atoms with E-state index in [4.69, 9.17) is 27.9 Å². The van der Waals surface area contributed by atoms with Crippen molar-refractivity contribution in [2.45, 2.75) is 27.7 Å². The van der Waals surface area contributed by atoms with Gasteiger partial charge in [-0.05, 0) is 41.4 Å². The van der Waals surface area contributed by atoms with E-state index in [1.165, 1.54) is 0 Å². The van der Waals surface area contributed by atoms with Crippen LogP contribution in [0.5, 0.6) is 0 Å². The molecule has 0 aliphatic heterocycles. The van der Waals surface area contributed by atoms with Gasteiger partial charge in [-0.15, -0.1) is 0 Å². The summed E-state index contributed by atoms with van der Waals surface area (Å²) in [6, 6.07) is 1.64. The number of fused-ring (bicyclic) bond motifs is 1. The van der Waals surface area contributed by atoms with Crippen molar-refractivity contribution in [3.63, 3.8) is 0 Å². The van der Waals surface area contributed by atoms with Crippen LogP contribution in [0.3, 0.4) is 0 Å². The summed E-state index contributed by atoms with van der Waals surface area (Å²) in [6.07, 6.45) is 0. The van der Waals surface area contributed by atoms with Crippen LogP contribution in [0.4, 0.5) is 4.39 Å². The van der Waals surface area contributed by atoms with Gasteiger partial charge in [-0.3, -0.25) is 0 Å². The Balaban J connectivity index is 0.00000116. The summed E-state index contributed by atoms with van der Waals surface area (Å²) in [4.78, 5) is 15.7. The lowest BCUT2D eigenvalue weighted by molar-refractivity contribution is 0.0526. The highest BCUT2D eigenvalue weighted by atomic mass is 79.9. The van der Waals surface area contributed by atoms with Gasteiger partial charge in [0.2, 0.25) is 0 Å². The number of halogens is 4. The minimum absolute atomic E-state index is 0.00511. The molecule has 0 bridgehead atoms. The molecule has 0 radical (unpaired) electrons. The van der Waals surface area contributed by atoms with Crippen molar-refractivity contribution in [2.24, 2.45) is 0 Å². The molecular weight excluding hydrogens is 396 g/mol. The fraction of sp³-hybridized carbons (Fsp3) is 0.333. The van der Waals surface area contributed by atoms with Gasteiger partial charge in [0, 0.05) is 5.39 Å². The molecule has 3 nitrogen and oxygen atoms in total. The SMILES string of the molecule is CC.CCOC(=O)c1c(Cl)nc2c(F)c(Br)c(C)cc2c1Cl. The number of nitrogens with zero attached hydrogens (tertiary/aromatic N) is 1. The molecule has 0 saturated carbocycles. The Morgan fingerprint density at radius 2 is 2.00 bits per heavy atom. The molecule has 22 heavy (non-hydrogen) atoms. The second-order valence-electron chi connectivity index (χ2n) is 4.03. The van der Waals surface area contributed by atoms with Crippen LogP contribution in [0.1, 0.15) is 36.7 Å². The Labute approximate surface area is 146 Å². The zero-order valence-electron chi connectivity index (χ0n) is 12.6. The lowest BCUT2D eigenvalue weighted by Crippen LogP contribution is -2.08. The molecule has 2 aromatic rings. The highest BCUT2D eigenvalue weighted by Crippen LogP contribution is 2.36. The molecule has 1 heterocycles. The van der Waals surface area contributed by atoms with Crippen LogP contribution in [0.15, 0.2) is 10.5 Å². The van der Waals surface area contributed by atoms with E-state index in [1.807, 2.05) is 13.8 Å². The van der Waals surface area contributed by atoms with Crippen molar-refractivity contribution in [1.29, 1.82) is 0 Å². The van der Waals surface area contributed by atoms with Gasteiger partial charge >= 0.3 is 5.97 Å². The molecule has 7 heteroatoms. The predicted molar refractivity (Wildman–Crippen MR) is 91.5 cm³/mol. The quantitative estimate of drug-likeness (QED) is 0.453. The third-order valence-electron chi connectivity index (χ3n) is 2.71. The summed E-state index contributed by atoms with van der Waals surface area (Å²) < 4.78 is 19.3. The van der Waals surface area contributed by atoms with Crippen molar-refractivity contribution in [2.75, 3.05) is 6.61 Å². The Morgan fingerprint density at radius 1 is 1.41 bits per heavy atom. The largest absolute Gasteiger partial charge is 0.462 e. The average Bonchev–Trinajstić information content (AvgIpc) is 2.49. The number of benzene rings is 1. The Kier molecular flexibility index (Phi) is 7.03. The summed E-state index contributed by atoms with van der Waals surface area (Å²) in [5, 5.41) is 0.167. The van der Waals surface area contributed by atoms with Crippen LogP contribution in [0.2, 0.25) is 10.2 Å². The summed E-state index contributed by atoms with van der Waals surface area (Å²) in [6.45, 7) is 7.55. The number of aryl methyl sites for hydroxylation is 1. The van der Waals surface area contributed by atoms with Gasteiger partial charge in [0.25, 0.3) is 0 Å². The molecule has 1 aromatic carbocycles. The molecule has 0 fully saturated rings. The Bertz CT molecular complexity index is 723. The zero-order valence-corrected chi connectivity index (χ0v) is 15.7. The number of rotatable bonds is 2. The number of pyridine rings is 1. The van der Waals surface area contributed by atoms with E-state index in [0.29, 0.717) is 10.9 Å². The number of hydrogen-bond acceptors (Lipinski definition) is 3. The monoisotopic (exact) mass is 409 g/mol. The summed E-state index contributed by atoms with van der Waals surface area (Å²) in [7, 11) is 0. The molecule has 1 aromatic heterocycles. The Hall–Kier alpha value is -0.910. The number of carbonyl (C=O) groups is 1. The summed E-state index contributed by atoms with van der Waals surface area (Å²) in [5.74, 6) is -1.25. The highest BCUT2D eigenvalue weighted by molar-refractivity contribution is 9.10. The Morgan fingerprint density at radius 3 is 2.55 bits per heavy atom. The van der Waals surface area contributed by atoms with E-state index < -0.39 is 11.8 Å². The normalized spacial score (nSPS) is 10.2. The molecule has 2 rings (SSSR count). The fourth-order valence-corrected chi connectivity index (χ4v) is 2.69. The first-order chi connectivity index (χ1) is 10.4. The number of esters is 1. The topological polar surface area (TPSA) is 39.2 Å². The first-order valence-electron chi connectivity index (χ1n) is 6.68. The van der Waals surface area contributed by atoms with Crippen LogP contribution < -0.4 is 0 Å². The number of ether oxygens (including phenoxy) is 1. The molecule has 0 saturated heterocycles. The minimum atomic E-state index is -0.683. The van der Waals surface area contributed by atoms with Gasteiger partial charge < -0.3 is 4.74 Å².